The SMILES string of the molecule is Cc1cc([C@H](N2CC(C)(C)C(=O)N2)C(F)(F)F)c2ccccc2c1. The van der Waals surface area contributed by atoms with E-state index in [0.717, 1.165) is 16.0 Å². The number of rotatable bonds is 2. The minimum absolute atomic E-state index is 0.00171. The number of amides is 1. The molecule has 0 aliphatic carbocycles. The van der Waals surface area contributed by atoms with Crippen LogP contribution < -0.4 is 5.43 Å². The van der Waals surface area contributed by atoms with Gasteiger partial charge in [0.15, 0.2) is 6.04 Å². The first-order chi connectivity index (χ1) is 11.1. The fraction of sp³-hybridized carbons (Fsp3) is 0.389. The topological polar surface area (TPSA) is 32.3 Å². The number of fused-ring (bicyclic) bond motifs is 1. The summed E-state index contributed by atoms with van der Waals surface area (Å²) in [4.78, 5) is 12.0. The molecule has 24 heavy (non-hydrogen) atoms. The van der Waals surface area contributed by atoms with Crippen LogP contribution in [0.3, 0.4) is 0 Å². The van der Waals surface area contributed by atoms with E-state index in [9.17, 15) is 18.0 Å². The van der Waals surface area contributed by atoms with Crippen LogP contribution in [0.25, 0.3) is 10.8 Å². The van der Waals surface area contributed by atoms with Gasteiger partial charge in [0.25, 0.3) is 0 Å². The van der Waals surface area contributed by atoms with Gasteiger partial charge in [0.2, 0.25) is 5.91 Å². The smallest absolute Gasteiger partial charge is 0.287 e. The van der Waals surface area contributed by atoms with Gasteiger partial charge in [-0.15, -0.1) is 0 Å². The normalized spacial score (nSPS) is 19.5. The van der Waals surface area contributed by atoms with Crippen LogP contribution in [0.2, 0.25) is 0 Å². The Morgan fingerprint density at radius 3 is 2.46 bits per heavy atom. The van der Waals surface area contributed by atoms with Gasteiger partial charge < -0.3 is 0 Å². The summed E-state index contributed by atoms with van der Waals surface area (Å²) in [6, 6.07) is 8.54. The van der Waals surface area contributed by atoms with E-state index in [-0.39, 0.29) is 12.1 Å². The average Bonchev–Trinajstić information content (AvgIpc) is 2.70. The summed E-state index contributed by atoms with van der Waals surface area (Å²) in [6.07, 6.45) is -4.51. The molecule has 3 rings (SSSR count). The lowest BCUT2D eigenvalue weighted by Crippen LogP contribution is -2.43. The van der Waals surface area contributed by atoms with Gasteiger partial charge in [-0.1, -0.05) is 42.0 Å². The summed E-state index contributed by atoms with van der Waals surface area (Å²) in [5, 5.41) is 2.32. The molecule has 6 heteroatoms. The molecule has 0 aromatic heterocycles. The largest absolute Gasteiger partial charge is 0.409 e. The lowest BCUT2D eigenvalue weighted by Gasteiger charge is -2.31. The standard InChI is InChI=1S/C18H19F3N2O/c1-11-8-12-6-4-5-7-13(12)14(9-11)15(18(19,20)21)23-10-17(2,3)16(24)22-23/h4-9,15H,10H2,1-3H3,(H,22,24)/t15-/m0/s1. The van der Waals surface area contributed by atoms with Crippen molar-refractivity contribution in [2.75, 3.05) is 6.54 Å². The molecule has 1 heterocycles. The molecule has 1 atom stereocenters. The van der Waals surface area contributed by atoms with Crippen molar-refractivity contribution in [1.29, 1.82) is 0 Å². The molecule has 1 fully saturated rings. The van der Waals surface area contributed by atoms with Crippen molar-refractivity contribution in [2.45, 2.75) is 33.0 Å². The summed E-state index contributed by atoms with van der Waals surface area (Å²) in [6.45, 7) is 5.06. The van der Waals surface area contributed by atoms with Gasteiger partial charge in [0.05, 0.1) is 5.41 Å². The van der Waals surface area contributed by atoms with Crippen LogP contribution in [-0.2, 0) is 4.79 Å². The molecule has 1 amide bonds. The first-order valence-electron chi connectivity index (χ1n) is 7.73. The first kappa shape index (κ1) is 16.8. The number of hydrogen-bond donors (Lipinski definition) is 1. The third-order valence-electron chi connectivity index (χ3n) is 4.38. The minimum atomic E-state index is -4.51. The van der Waals surface area contributed by atoms with Crippen molar-refractivity contribution in [2.24, 2.45) is 5.41 Å². The third-order valence-corrected chi connectivity index (χ3v) is 4.38. The highest BCUT2D eigenvalue weighted by molar-refractivity contribution is 5.87. The quantitative estimate of drug-likeness (QED) is 0.894. The number of benzene rings is 2. The Labute approximate surface area is 138 Å². The van der Waals surface area contributed by atoms with E-state index in [1.807, 2.05) is 6.07 Å². The van der Waals surface area contributed by atoms with Crippen molar-refractivity contribution >= 4 is 16.7 Å². The molecule has 0 radical (unpaired) electrons. The molecule has 128 valence electrons. The number of carbonyl (C=O) groups excluding carboxylic acids is 1. The predicted octanol–water partition coefficient (Wildman–Crippen LogP) is 4.12. The van der Waals surface area contributed by atoms with Crippen LogP contribution in [0.4, 0.5) is 13.2 Å². The van der Waals surface area contributed by atoms with Crippen molar-refractivity contribution in [3.05, 3.63) is 47.5 Å². The molecule has 2 aromatic rings. The molecule has 0 bridgehead atoms. The van der Waals surface area contributed by atoms with E-state index in [4.69, 9.17) is 0 Å². The van der Waals surface area contributed by atoms with Crippen LogP contribution >= 0.6 is 0 Å². The van der Waals surface area contributed by atoms with E-state index in [1.165, 1.54) is 0 Å². The van der Waals surface area contributed by atoms with E-state index in [0.29, 0.717) is 5.39 Å². The summed E-state index contributed by atoms with van der Waals surface area (Å²) >= 11 is 0. The number of aryl methyl sites for hydroxylation is 1. The first-order valence-corrected chi connectivity index (χ1v) is 7.73. The molecular weight excluding hydrogens is 317 g/mol. The summed E-state index contributed by atoms with van der Waals surface area (Å²) < 4.78 is 41.7. The number of hydrogen-bond acceptors (Lipinski definition) is 2. The Morgan fingerprint density at radius 1 is 1.21 bits per heavy atom. The molecule has 0 saturated carbocycles. The Kier molecular flexibility index (Phi) is 3.83. The fourth-order valence-corrected chi connectivity index (χ4v) is 3.22. The molecule has 0 unspecified atom stereocenters. The minimum Gasteiger partial charge on any atom is -0.287 e. The number of alkyl halides is 3. The van der Waals surface area contributed by atoms with Gasteiger partial charge >= 0.3 is 6.18 Å². The highest BCUT2D eigenvalue weighted by Crippen LogP contribution is 2.43. The zero-order valence-electron chi connectivity index (χ0n) is 13.7. The highest BCUT2D eigenvalue weighted by atomic mass is 19.4. The van der Waals surface area contributed by atoms with E-state index in [1.54, 1.807) is 51.1 Å². The fourth-order valence-electron chi connectivity index (χ4n) is 3.22. The van der Waals surface area contributed by atoms with Crippen LogP contribution in [0.5, 0.6) is 0 Å². The van der Waals surface area contributed by atoms with Gasteiger partial charge in [-0.3, -0.25) is 10.2 Å². The number of carbonyl (C=O) groups is 1. The number of hydrazine groups is 1. The van der Waals surface area contributed by atoms with Crippen LogP contribution in [0.15, 0.2) is 36.4 Å². The van der Waals surface area contributed by atoms with Crippen LogP contribution in [-0.4, -0.2) is 23.6 Å². The highest BCUT2D eigenvalue weighted by Gasteiger charge is 2.51. The summed E-state index contributed by atoms with van der Waals surface area (Å²) in [7, 11) is 0. The summed E-state index contributed by atoms with van der Waals surface area (Å²) in [5.41, 5.74) is 2.47. The second-order valence-corrected chi connectivity index (χ2v) is 6.97. The molecule has 1 aliphatic heterocycles. The maximum Gasteiger partial charge on any atom is 0.409 e. The maximum absolute atomic E-state index is 13.9. The Hall–Kier alpha value is -2.08. The van der Waals surface area contributed by atoms with E-state index in [2.05, 4.69) is 5.43 Å². The van der Waals surface area contributed by atoms with Crippen molar-refractivity contribution in [1.82, 2.24) is 10.4 Å². The van der Waals surface area contributed by atoms with Gasteiger partial charge in [-0.2, -0.15) is 13.2 Å². The maximum atomic E-state index is 13.9. The third kappa shape index (κ3) is 2.86. The lowest BCUT2D eigenvalue weighted by molar-refractivity contribution is -0.191. The zero-order valence-corrected chi connectivity index (χ0v) is 13.7. The average molecular weight is 336 g/mol. The van der Waals surface area contributed by atoms with Gasteiger partial charge in [-0.05, 0) is 37.1 Å². The van der Waals surface area contributed by atoms with Crippen molar-refractivity contribution in [3.63, 3.8) is 0 Å². The molecule has 1 N–H and O–H groups in total. The second-order valence-electron chi connectivity index (χ2n) is 6.97. The molecular formula is C18H19F3N2O. The molecule has 2 aromatic carbocycles. The van der Waals surface area contributed by atoms with Crippen molar-refractivity contribution < 1.29 is 18.0 Å². The van der Waals surface area contributed by atoms with Gasteiger partial charge in [-0.25, -0.2) is 5.01 Å². The molecule has 1 aliphatic rings. The Morgan fingerprint density at radius 2 is 1.88 bits per heavy atom. The lowest BCUT2D eigenvalue weighted by atomic mass is 9.92. The van der Waals surface area contributed by atoms with E-state index >= 15 is 0 Å². The predicted molar refractivity (Wildman–Crippen MR) is 86.1 cm³/mol. The Balaban J connectivity index is 2.17. The van der Waals surface area contributed by atoms with Gasteiger partial charge in [0, 0.05) is 6.54 Å². The number of nitrogens with one attached hydrogen (secondary N) is 1. The monoisotopic (exact) mass is 336 g/mol. The van der Waals surface area contributed by atoms with Crippen molar-refractivity contribution in [3.8, 4) is 0 Å². The van der Waals surface area contributed by atoms with E-state index < -0.39 is 23.5 Å². The van der Waals surface area contributed by atoms with Crippen LogP contribution in [0.1, 0.15) is 31.0 Å². The second kappa shape index (κ2) is 5.48. The molecule has 3 nitrogen and oxygen atoms in total. The van der Waals surface area contributed by atoms with Gasteiger partial charge in [0.1, 0.15) is 0 Å². The molecule has 1 saturated heterocycles. The summed E-state index contributed by atoms with van der Waals surface area (Å²) in [5.74, 6) is -0.395. The van der Waals surface area contributed by atoms with Crippen LogP contribution in [0, 0.1) is 12.3 Å². The molecule has 0 spiro atoms. The number of nitrogens with zero attached hydrogens (tertiary/aromatic N) is 1. The zero-order chi connectivity index (χ0) is 17.7. The Bertz CT molecular complexity index is 798. The number of halogens is 3.